The highest BCUT2D eigenvalue weighted by Gasteiger charge is 2.29. The van der Waals surface area contributed by atoms with Crippen LogP contribution in [0.2, 0.25) is 0 Å². The molecule has 0 aromatic heterocycles. The molecule has 154 valence electrons. The highest BCUT2D eigenvalue weighted by Crippen LogP contribution is 2.33. The molecule has 0 unspecified atom stereocenters. The van der Waals surface area contributed by atoms with Crippen molar-refractivity contribution in [2.75, 3.05) is 59.8 Å². The molecule has 3 aliphatic rings. The number of fused-ring (bicyclic) bond motifs is 1. The molecule has 1 aromatic rings. The molecule has 0 bridgehead atoms. The van der Waals surface area contributed by atoms with E-state index in [9.17, 15) is 4.79 Å². The van der Waals surface area contributed by atoms with Crippen molar-refractivity contribution in [3.05, 3.63) is 23.8 Å². The van der Waals surface area contributed by atoms with Crippen molar-refractivity contribution in [1.82, 2.24) is 14.7 Å². The first kappa shape index (κ1) is 19.5. The van der Waals surface area contributed by atoms with Crippen molar-refractivity contribution in [3.8, 4) is 11.5 Å². The van der Waals surface area contributed by atoms with Gasteiger partial charge in [-0.05, 0) is 30.5 Å². The van der Waals surface area contributed by atoms with E-state index in [4.69, 9.17) is 14.2 Å². The fourth-order valence-electron chi connectivity index (χ4n) is 4.41. The Morgan fingerprint density at radius 3 is 2.79 bits per heavy atom. The van der Waals surface area contributed by atoms with Crippen LogP contribution >= 0.6 is 0 Å². The van der Waals surface area contributed by atoms with Crippen LogP contribution in [-0.2, 0) is 16.1 Å². The van der Waals surface area contributed by atoms with Crippen LogP contribution in [0.15, 0.2) is 18.2 Å². The van der Waals surface area contributed by atoms with Gasteiger partial charge in [-0.25, -0.2) is 0 Å². The zero-order valence-corrected chi connectivity index (χ0v) is 16.8. The second-order valence-corrected chi connectivity index (χ2v) is 7.88. The Balaban J connectivity index is 1.25. The fraction of sp³-hybridized carbons (Fsp3) is 0.667. The molecule has 0 aliphatic carbocycles. The number of hydrogen-bond acceptors (Lipinski definition) is 6. The van der Waals surface area contributed by atoms with Gasteiger partial charge in [0.1, 0.15) is 0 Å². The molecule has 7 heteroatoms. The maximum Gasteiger partial charge on any atom is 0.231 e. The van der Waals surface area contributed by atoms with Gasteiger partial charge in [0.2, 0.25) is 12.7 Å². The number of piperazine rings is 1. The minimum atomic E-state index is 0.230. The molecule has 0 saturated carbocycles. The van der Waals surface area contributed by atoms with Crippen LogP contribution in [0.1, 0.15) is 24.8 Å². The minimum Gasteiger partial charge on any atom is -0.454 e. The number of piperidine rings is 1. The molecule has 4 rings (SSSR count). The zero-order valence-electron chi connectivity index (χ0n) is 16.8. The van der Waals surface area contributed by atoms with Crippen LogP contribution in [-0.4, -0.2) is 86.4 Å². The van der Waals surface area contributed by atoms with Gasteiger partial charge in [-0.3, -0.25) is 14.6 Å². The Hall–Kier alpha value is -1.83. The summed E-state index contributed by atoms with van der Waals surface area (Å²) in [6.07, 6.45) is 2.78. The van der Waals surface area contributed by atoms with Gasteiger partial charge < -0.3 is 19.1 Å². The highest BCUT2D eigenvalue weighted by molar-refractivity contribution is 5.76. The Morgan fingerprint density at radius 2 is 1.96 bits per heavy atom. The van der Waals surface area contributed by atoms with E-state index in [0.717, 1.165) is 63.7 Å². The number of carbonyl (C=O) groups is 1. The van der Waals surface area contributed by atoms with E-state index in [-0.39, 0.29) is 5.91 Å². The van der Waals surface area contributed by atoms with Gasteiger partial charge in [-0.15, -0.1) is 0 Å². The maximum atomic E-state index is 12.3. The van der Waals surface area contributed by atoms with E-state index in [1.807, 2.05) is 11.0 Å². The van der Waals surface area contributed by atoms with Crippen LogP contribution in [0.3, 0.4) is 0 Å². The maximum absolute atomic E-state index is 12.3. The molecule has 3 aliphatic heterocycles. The Labute approximate surface area is 167 Å². The van der Waals surface area contributed by atoms with E-state index in [1.54, 1.807) is 7.11 Å². The SMILES string of the molecule is COCCC(=O)N1CCC[C@@H](N2CCN(Cc3ccc4c(c3)OCO4)CC2)C1. The third-order valence-electron chi connectivity index (χ3n) is 6.04. The molecule has 2 fully saturated rings. The molecule has 28 heavy (non-hydrogen) atoms. The topological polar surface area (TPSA) is 54.5 Å². The summed E-state index contributed by atoms with van der Waals surface area (Å²) in [4.78, 5) is 19.4. The molecule has 1 atom stereocenters. The normalized spacial score (nSPS) is 23.2. The average Bonchev–Trinajstić information content (AvgIpc) is 3.20. The van der Waals surface area contributed by atoms with Crippen LogP contribution in [0.5, 0.6) is 11.5 Å². The number of amides is 1. The number of hydrogen-bond donors (Lipinski definition) is 0. The van der Waals surface area contributed by atoms with Crippen LogP contribution < -0.4 is 9.47 Å². The Bertz CT molecular complexity index is 676. The largest absolute Gasteiger partial charge is 0.454 e. The predicted octanol–water partition coefficient (Wildman–Crippen LogP) is 1.56. The van der Waals surface area contributed by atoms with Crippen molar-refractivity contribution in [2.24, 2.45) is 0 Å². The Kier molecular flexibility index (Phi) is 6.34. The lowest BCUT2D eigenvalue weighted by atomic mass is 10.0. The summed E-state index contributed by atoms with van der Waals surface area (Å²) in [5.41, 5.74) is 1.27. The monoisotopic (exact) mass is 389 g/mol. The van der Waals surface area contributed by atoms with Crippen molar-refractivity contribution < 1.29 is 19.0 Å². The fourth-order valence-corrected chi connectivity index (χ4v) is 4.41. The van der Waals surface area contributed by atoms with Crippen molar-refractivity contribution >= 4 is 5.91 Å². The molecule has 0 radical (unpaired) electrons. The summed E-state index contributed by atoms with van der Waals surface area (Å²) >= 11 is 0. The lowest BCUT2D eigenvalue weighted by Gasteiger charge is -2.43. The predicted molar refractivity (Wildman–Crippen MR) is 106 cm³/mol. The molecule has 3 heterocycles. The Morgan fingerprint density at radius 1 is 1.14 bits per heavy atom. The van der Waals surface area contributed by atoms with E-state index in [0.29, 0.717) is 25.9 Å². The van der Waals surface area contributed by atoms with Crippen LogP contribution in [0.25, 0.3) is 0 Å². The summed E-state index contributed by atoms with van der Waals surface area (Å²) < 4.78 is 15.9. The summed E-state index contributed by atoms with van der Waals surface area (Å²) in [5.74, 6) is 1.93. The lowest BCUT2D eigenvalue weighted by molar-refractivity contribution is -0.134. The van der Waals surface area contributed by atoms with E-state index >= 15 is 0 Å². The zero-order chi connectivity index (χ0) is 19.3. The quantitative estimate of drug-likeness (QED) is 0.736. The average molecular weight is 389 g/mol. The minimum absolute atomic E-state index is 0.230. The summed E-state index contributed by atoms with van der Waals surface area (Å²) in [7, 11) is 1.65. The molecule has 7 nitrogen and oxygen atoms in total. The highest BCUT2D eigenvalue weighted by atomic mass is 16.7. The molecular formula is C21H31N3O4. The first-order chi connectivity index (χ1) is 13.7. The van der Waals surface area contributed by atoms with Crippen molar-refractivity contribution in [2.45, 2.75) is 31.8 Å². The van der Waals surface area contributed by atoms with E-state index < -0.39 is 0 Å². The summed E-state index contributed by atoms with van der Waals surface area (Å²) in [5, 5.41) is 0. The van der Waals surface area contributed by atoms with Gasteiger partial charge in [0.05, 0.1) is 13.0 Å². The third kappa shape index (κ3) is 4.59. The number of likely N-dealkylation sites (tertiary alicyclic amines) is 1. The first-order valence-corrected chi connectivity index (χ1v) is 10.3. The summed E-state index contributed by atoms with van der Waals surface area (Å²) in [6, 6.07) is 6.72. The van der Waals surface area contributed by atoms with Gasteiger partial charge >= 0.3 is 0 Å². The molecular weight excluding hydrogens is 358 g/mol. The molecule has 2 saturated heterocycles. The number of nitrogens with zero attached hydrogens (tertiary/aromatic N) is 3. The first-order valence-electron chi connectivity index (χ1n) is 10.3. The molecule has 0 N–H and O–H groups in total. The van der Waals surface area contributed by atoms with Gasteiger partial charge in [0, 0.05) is 59.0 Å². The second-order valence-electron chi connectivity index (χ2n) is 7.88. The second kappa shape index (κ2) is 9.11. The van der Waals surface area contributed by atoms with Crippen molar-refractivity contribution in [1.29, 1.82) is 0 Å². The smallest absolute Gasteiger partial charge is 0.231 e. The van der Waals surface area contributed by atoms with Crippen LogP contribution in [0, 0.1) is 0 Å². The van der Waals surface area contributed by atoms with E-state index in [2.05, 4.69) is 21.9 Å². The van der Waals surface area contributed by atoms with Gasteiger partial charge in [0.15, 0.2) is 11.5 Å². The third-order valence-corrected chi connectivity index (χ3v) is 6.04. The van der Waals surface area contributed by atoms with Gasteiger partial charge in [-0.2, -0.15) is 0 Å². The van der Waals surface area contributed by atoms with Crippen molar-refractivity contribution in [3.63, 3.8) is 0 Å². The number of ether oxygens (including phenoxy) is 3. The number of rotatable bonds is 6. The number of carbonyl (C=O) groups excluding carboxylic acids is 1. The molecule has 1 amide bonds. The van der Waals surface area contributed by atoms with Gasteiger partial charge in [-0.1, -0.05) is 6.07 Å². The van der Waals surface area contributed by atoms with Gasteiger partial charge in [0.25, 0.3) is 0 Å². The number of methoxy groups -OCH3 is 1. The summed E-state index contributed by atoms with van der Waals surface area (Å²) in [6.45, 7) is 7.78. The van der Waals surface area contributed by atoms with Crippen LogP contribution in [0.4, 0.5) is 0 Å². The molecule has 0 spiro atoms. The molecule has 1 aromatic carbocycles. The lowest BCUT2D eigenvalue weighted by Crippen LogP contribution is -2.55. The van der Waals surface area contributed by atoms with E-state index in [1.165, 1.54) is 12.0 Å². The number of benzene rings is 1. The standard InChI is InChI=1S/C21H31N3O4/c1-26-12-6-21(25)24-7-2-3-18(15-24)23-10-8-22(9-11-23)14-17-4-5-19-20(13-17)28-16-27-19/h4-5,13,18H,2-3,6-12,14-16H2,1H3/t18-/m1/s1.